The van der Waals surface area contributed by atoms with Crippen LogP contribution < -0.4 is 4.74 Å². The molecule has 3 nitrogen and oxygen atoms in total. The minimum atomic E-state index is 0.414. The zero-order valence-electron chi connectivity index (χ0n) is 12.3. The van der Waals surface area contributed by atoms with E-state index in [1.165, 1.54) is 30.4 Å². The average Bonchev–Trinajstić information content (AvgIpc) is 2.42. The van der Waals surface area contributed by atoms with Crippen molar-refractivity contribution in [3.8, 4) is 5.75 Å². The Kier molecular flexibility index (Phi) is 5.23. The summed E-state index contributed by atoms with van der Waals surface area (Å²) in [6, 6.07) is 6.29. The van der Waals surface area contributed by atoms with Crippen molar-refractivity contribution in [3.05, 3.63) is 29.3 Å². The fourth-order valence-corrected chi connectivity index (χ4v) is 2.63. The van der Waals surface area contributed by atoms with Crippen LogP contribution in [0.1, 0.15) is 30.4 Å². The minimum absolute atomic E-state index is 0.414. The highest BCUT2D eigenvalue weighted by atomic mass is 16.5. The number of likely N-dealkylation sites (N-methyl/N-ethyl adjacent to an activating group) is 1. The molecule has 0 N–H and O–H groups in total. The molecule has 3 heteroatoms. The molecule has 0 amide bonds. The van der Waals surface area contributed by atoms with E-state index in [9.17, 15) is 0 Å². The topological polar surface area (TPSA) is 21.7 Å². The molecule has 1 aliphatic heterocycles. The van der Waals surface area contributed by atoms with E-state index in [0.29, 0.717) is 6.10 Å². The number of hydrogen-bond donors (Lipinski definition) is 0. The van der Waals surface area contributed by atoms with Gasteiger partial charge in [0, 0.05) is 19.7 Å². The van der Waals surface area contributed by atoms with Gasteiger partial charge in [-0.1, -0.05) is 6.07 Å². The van der Waals surface area contributed by atoms with E-state index in [-0.39, 0.29) is 0 Å². The molecule has 1 aromatic carbocycles. The standard InChI is InChI=1S/C16H25NO2/c1-13-10-15(18-3)8-7-14(13)11-17(2)12-16-6-4-5-9-19-16/h7-8,10,16H,4-6,9,11-12H2,1-3H3/t16-/m0/s1. The lowest BCUT2D eigenvalue weighted by Crippen LogP contribution is -2.33. The van der Waals surface area contributed by atoms with E-state index < -0.39 is 0 Å². The van der Waals surface area contributed by atoms with Crippen LogP contribution in [0.15, 0.2) is 18.2 Å². The molecule has 1 aromatic rings. The molecule has 0 aromatic heterocycles. The second-order valence-electron chi connectivity index (χ2n) is 5.48. The Balaban J connectivity index is 1.88. The smallest absolute Gasteiger partial charge is 0.119 e. The Hall–Kier alpha value is -1.06. The molecule has 1 heterocycles. The van der Waals surface area contributed by atoms with E-state index >= 15 is 0 Å². The Morgan fingerprint density at radius 3 is 2.84 bits per heavy atom. The molecule has 1 fully saturated rings. The van der Waals surface area contributed by atoms with Gasteiger partial charge >= 0.3 is 0 Å². The van der Waals surface area contributed by atoms with Crippen LogP contribution in [0.2, 0.25) is 0 Å². The lowest BCUT2D eigenvalue weighted by atomic mass is 10.1. The lowest BCUT2D eigenvalue weighted by Gasteiger charge is -2.27. The molecule has 2 rings (SSSR count). The minimum Gasteiger partial charge on any atom is -0.497 e. The number of hydrogen-bond acceptors (Lipinski definition) is 3. The van der Waals surface area contributed by atoms with Crippen LogP contribution in [-0.2, 0) is 11.3 Å². The summed E-state index contributed by atoms with van der Waals surface area (Å²) in [5.41, 5.74) is 2.65. The summed E-state index contributed by atoms with van der Waals surface area (Å²) in [6.07, 6.45) is 4.14. The number of aryl methyl sites for hydroxylation is 1. The van der Waals surface area contributed by atoms with Gasteiger partial charge in [-0.05, 0) is 56.5 Å². The third kappa shape index (κ3) is 4.22. The summed E-state index contributed by atoms with van der Waals surface area (Å²) in [5, 5.41) is 0. The molecular formula is C16H25NO2. The Morgan fingerprint density at radius 2 is 2.21 bits per heavy atom. The first-order valence-corrected chi connectivity index (χ1v) is 7.12. The van der Waals surface area contributed by atoms with Gasteiger partial charge in [-0.2, -0.15) is 0 Å². The van der Waals surface area contributed by atoms with Crippen LogP contribution in [0.25, 0.3) is 0 Å². The van der Waals surface area contributed by atoms with Gasteiger partial charge in [-0.3, -0.25) is 4.90 Å². The summed E-state index contributed by atoms with van der Waals surface area (Å²) in [5.74, 6) is 0.930. The highest BCUT2D eigenvalue weighted by molar-refractivity contribution is 5.34. The fourth-order valence-electron chi connectivity index (χ4n) is 2.63. The van der Waals surface area contributed by atoms with Gasteiger partial charge in [-0.25, -0.2) is 0 Å². The molecule has 0 saturated carbocycles. The SMILES string of the molecule is COc1ccc(CN(C)C[C@@H]2CCCCO2)c(C)c1. The van der Waals surface area contributed by atoms with Crippen molar-refractivity contribution in [2.24, 2.45) is 0 Å². The monoisotopic (exact) mass is 263 g/mol. The van der Waals surface area contributed by atoms with Crippen molar-refractivity contribution in [2.45, 2.75) is 38.8 Å². The molecule has 1 aliphatic rings. The second-order valence-corrected chi connectivity index (χ2v) is 5.48. The Bertz CT molecular complexity index is 400. The van der Waals surface area contributed by atoms with Gasteiger partial charge in [0.05, 0.1) is 13.2 Å². The average molecular weight is 263 g/mol. The lowest BCUT2D eigenvalue weighted by molar-refractivity contribution is -0.00261. The van der Waals surface area contributed by atoms with Crippen LogP contribution in [-0.4, -0.2) is 38.3 Å². The zero-order valence-corrected chi connectivity index (χ0v) is 12.3. The van der Waals surface area contributed by atoms with Crippen molar-refractivity contribution >= 4 is 0 Å². The first kappa shape index (κ1) is 14.4. The molecule has 19 heavy (non-hydrogen) atoms. The van der Waals surface area contributed by atoms with Crippen molar-refractivity contribution in [1.82, 2.24) is 4.90 Å². The second kappa shape index (κ2) is 6.92. The largest absolute Gasteiger partial charge is 0.497 e. The van der Waals surface area contributed by atoms with E-state index in [2.05, 4.69) is 31.0 Å². The molecular weight excluding hydrogens is 238 g/mol. The van der Waals surface area contributed by atoms with Crippen molar-refractivity contribution < 1.29 is 9.47 Å². The summed E-state index contributed by atoms with van der Waals surface area (Å²) < 4.78 is 11.0. The number of benzene rings is 1. The van der Waals surface area contributed by atoms with Gasteiger partial charge < -0.3 is 9.47 Å². The Labute approximate surface area is 116 Å². The van der Waals surface area contributed by atoms with Gasteiger partial charge in [0.25, 0.3) is 0 Å². The summed E-state index contributed by atoms with van der Waals surface area (Å²) in [7, 11) is 3.88. The summed E-state index contributed by atoms with van der Waals surface area (Å²) in [4.78, 5) is 2.35. The third-order valence-electron chi connectivity index (χ3n) is 3.78. The molecule has 0 bridgehead atoms. The molecule has 0 spiro atoms. The summed E-state index contributed by atoms with van der Waals surface area (Å²) in [6.45, 7) is 5.06. The molecule has 106 valence electrons. The summed E-state index contributed by atoms with van der Waals surface area (Å²) >= 11 is 0. The fraction of sp³-hybridized carbons (Fsp3) is 0.625. The van der Waals surface area contributed by atoms with E-state index in [4.69, 9.17) is 9.47 Å². The van der Waals surface area contributed by atoms with E-state index in [1.54, 1.807) is 7.11 Å². The predicted molar refractivity (Wildman–Crippen MR) is 77.7 cm³/mol. The van der Waals surface area contributed by atoms with Crippen LogP contribution in [0, 0.1) is 6.92 Å². The molecule has 0 radical (unpaired) electrons. The number of nitrogens with zero attached hydrogens (tertiary/aromatic N) is 1. The first-order valence-electron chi connectivity index (χ1n) is 7.12. The normalized spacial score (nSPS) is 19.7. The molecule has 0 aliphatic carbocycles. The maximum atomic E-state index is 5.79. The van der Waals surface area contributed by atoms with Gasteiger partial charge in [0.2, 0.25) is 0 Å². The highest BCUT2D eigenvalue weighted by Gasteiger charge is 2.16. The van der Waals surface area contributed by atoms with Crippen molar-refractivity contribution in [3.63, 3.8) is 0 Å². The van der Waals surface area contributed by atoms with Crippen LogP contribution >= 0.6 is 0 Å². The van der Waals surface area contributed by atoms with E-state index in [1.807, 2.05) is 6.07 Å². The Morgan fingerprint density at radius 1 is 1.37 bits per heavy atom. The maximum Gasteiger partial charge on any atom is 0.119 e. The van der Waals surface area contributed by atoms with Crippen molar-refractivity contribution in [2.75, 3.05) is 27.3 Å². The zero-order chi connectivity index (χ0) is 13.7. The van der Waals surface area contributed by atoms with Crippen molar-refractivity contribution in [1.29, 1.82) is 0 Å². The highest BCUT2D eigenvalue weighted by Crippen LogP contribution is 2.19. The van der Waals surface area contributed by atoms with E-state index in [0.717, 1.165) is 25.4 Å². The number of ether oxygens (including phenoxy) is 2. The van der Waals surface area contributed by atoms with Gasteiger partial charge in [-0.15, -0.1) is 0 Å². The van der Waals surface area contributed by atoms with Crippen LogP contribution in [0.4, 0.5) is 0 Å². The molecule has 0 unspecified atom stereocenters. The van der Waals surface area contributed by atoms with Gasteiger partial charge in [0.1, 0.15) is 5.75 Å². The van der Waals surface area contributed by atoms with Crippen LogP contribution in [0.3, 0.4) is 0 Å². The number of rotatable bonds is 5. The maximum absolute atomic E-state index is 5.79. The number of methoxy groups -OCH3 is 1. The van der Waals surface area contributed by atoms with Gasteiger partial charge in [0.15, 0.2) is 0 Å². The molecule has 1 atom stereocenters. The quantitative estimate of drug-likeness (QED) is 0.815. The van der Waals surface area contributed by atoms with Crippen LogP contribution in [0.5, 0.6) is 5.75 Å². The predicted octanol–water partition coefficient (Wildman–Crippen LogP) is 3.00. The third-order valence-corrected chi connectivity index (χ3v) is 3.78. The molecule has 1 saturated heterocycles. The first-order chi connectivity index (χ1) is 9.19.